The predicted molar refractivity (Wildman–Crippen MR) is 76.2 cm³/mol. The van der Waals surface area contributed by atoms with E-state index in [0.717, 1.165) is 22.3 Å². The second kappa shape index (κ2) is 5.80. The highest BCUT2D eigenvalue weighted by molar-refractivity contribution is 6.00. The van der Waals surface area contributed by atoms with Gasteiger partial charge in [0.1, 0.15) is 6.61 Å². The van der Waals surface area contributed by atoms with Crippen molar-refractivity contribution in [3.05, 3.63) is 36.0 Å². The van der Waals surface area contributed by atoms with Crippen LogP contribution in [-0.4, -0.2) is 23.6 Å². The molecule has 0 unspecified atom stereocenters. The molecule has 0 saturated carbocycles. The molecule has 1 aromatic heterocycles. The number of amides is 1. The molecular weight excluding hydrogens is 240 g/mol. The standard InChI is InChI=1S/C15H18N2O2/c1-10(2)19-9-14(18)17-13-6-4-5-12-8-7-11(3)16-15(12)13/h4-8,10H,9H2,1-3H3,(H,17,18). The van der Waals surface area contributed by atoms with Crippen LogP contribution in [0.25, 0.3) is 10.9 Å². The maximum Gasteiger partial charge on any atom is 0.250 e. The highest BCUT2D eigenvalue weighted by atomic mass is 16.5. The first-order valence-electron chi connectivity index (χ1n) is 6.34. The van der Waals surface area contributed by atoms with Crippen molar-refractivity contribution >= 4 is 22.5 Å². The second-order valence-electron chi connectivity index (χ2n) is 4.74. The van der Waals surface area contributed by atoms with Crippen molar-refractivity contribution in [3.63, 3.8) is 0 Å². The number of aryl methyl sites for hydroxylation is 1. The van der Waals surface area contributed by atoms with E-state index >= 15 is 0 Å². The zero-order valence-corrected chi connectivity index (χ0v) is 11.4. The first-order chi connectivity index (χ1) is 9.06. The number of pyridine rings is 1. The molecule has 0 bridgehead atoms. The van der Waals surface area contributed by atoms with Crippen molar-refractivity contribution in [1.29, 1.82) is 0 Å². The fourth-order valence-electron chi connectivity index (χ4n) is 1.77. The molecule has 0 saturated heterocycles. The topological polar surface area (TPSA) is 51.2 Å². The average Bonchev–Trinajstić information content (AvgIpc) is 2.37. The fraction of sp³-hybridized carbons (Fsp3) is 0.333. The van der Waals surface area contributed by atoms with Crippen molar-refractivity contribution in [2.75, 3.05) is 11.9 Å². The third-order valence-corrected chi connectivity index (χ3v) is 2.68. The lowest BCUT2D eigenvalue weighted by atomic mass is 10.1. The summed E-state index contributed by atoms with van der Waals surface area (Å²) in [7, 11) is 0. The third kappa shape index (κ3) is 3.51. The lowest BCUT2D eigenvalue weighted by Crippen LogP contribution is -2.20. The number of benzene rings is 1. The monoisotopic (exact) mass is 258 g/mol. The molecule has 1 aromatic carbocycles. The minimum Gasteiger partial charge on any atom is -0.369 e. The van der Waals surface area contributed by atoms with Crippen LogP contribution in [0.4, 0.5) is 5.69 Å². The number of fused-ring (bicyclic) bond motifs is 1. The molecule has 2 rings (SSSR count). The van der Waals surface area contributed by atoms with E-state index < -0.39 is 0 Å². The van der Waals surface area contributed by atoms with Gasteiger partial charge in [-0.3, -0.25) is 9.78 Å². The van der Waals surface area contributed by atoms with E-state index in [1.54, 1.807) is 0 Å². The molecule has 1 amide bonds. The maximum absolute atomic E-state index is 11.8. The molecule has 100 valence electrons. The average molecular weight is 258 g/mol. The third-order valence-electron chi connectivity index (χ3n) is 2.68. The lowest BCUT2D eigenvalue weighted by molar-refractivity contribution is -0.121. The van der Waals surface area contributed by atoms with E-state index in [1.807, 2.05) is 51.1 Å². The van der Waals surface area contributed by atoms with Crippen LogP contribution < -0.4 is 5.32 Å². The number of carbonyl (C=O) groups is 1. The van der Waals surface area contributed by atoms with Gasteiger partial charge in [0.05, 0.1) is 17.3 Å². The molecule has 0 aliphatic heterocycles. The Balaban J connectivity index is 2.20. The van der Waals surface area contributed by atoms with Gasteiger partial charge in [-0.15, -0.1) is 0 Å². The summed E-state index contributed by atoms with van der Waals surface area (Å²) >= 11 is 0. The number of hydrogen-bond acceptors (Lipinski definition) is 3. The van der Waals surface area contributed by atoms with E-state index in [-0.39, 0.29) is 18.6 Å². The van der Waals surface area contributed by atoms with Gasteiger partial charge in [-0.25, -0.2) is 0 Å². The molecule has 0 radical (unpaired) electrons. The van der Waals surface area contributed by atoms with Gasteiger partial charge in [0, 0.05) is 11.1 Å². The summed E-state index contributed by atoms with van der Waals surface area (Å²) in [6.07, 6.45) is 0.0404. The number of nitrogens with zero attached hydrogens (tertiary/aromatic N) is 1. The van der Waals surface area contributed by atoms with E-state index in [2.05, 4.69) is 10.3 Å². The predicted octanol–water partition coefficient (Wildman–Crippen LogP) is 2.91. The summed E-state index contributed by atoms with van der Waals surface area (Å²) in [6, 6.07) is 9.68. The minimum atomic E-state index is -0.162. The van der Waals surface area contributed by atoms with Crippen LogP contribution in [-0.2, 0) is 9.53 Å². The van der Waals surface area contributed by atoms with Crippen molar-refractivity contribution in [3.8, 4) is 0 Å². The minimum absolute atomic E-state index is 0.0404. The Hall–Kier alpha value is -1.94. The summed E-state index contributed by atoms with van der Waals surface area (Å²) < 4.78 is 5.28. The van der Waals surface area contributed by atoms with E-state index in [9.17, 15) is 4.79 Å². The molecular formula is C15H18N2O2. The number of nitrogens with one attached hydrogen (secondary N) is 1. The summed E-state index contributed by atoms with van der Waals surface area (Å²) in [5.41, 5.74) is 2.45. The Labute approximate surface area is 112 Å². The fourth-order valence-corrected chi connectivity index (χ4v) is 1.77. The zero-order chi connectivity index (χ0) is 13.8. The Bertz CT molecular complexity index is 594. The van der Waals surface area contributed by atoms with Crippen LogP contribution in [0.15, 0.2) is 30.3 Å². The first kappa shape index (κ1) is 13.5. The van der Waals surface area contributed by atoms with Gasteiger partial charge in [-0.2, -0.15) is 0 Å². The molecule has 19 heavy (non-hydrogen) atoms. The molecule has 0 aliphatic rings. The van der Waals surface area contributed by atoms with Crippen molar-refractivity contribution in [2.45, 2.75) is 26.9 Å². The number of carbonyl (C=O) groups excluding carboxylic acids is 1. The Morgan fingerprint density at radius 2 is 2.11 bits per heavy atom. The van der Waals surface area contributed by atoms with Gasteiger partial charge in [-0.05, 0) is 32.9 Å². The Kier molecular flexibility index (Phi) is 4.12. The molecule has 4 nitrogen and oxygen atoms in total. The normalized spacial score (nSPS) is 10.9. The lowest BCUT2D eigenvalue weighted by Gasteiger charge is -2.10. The molecule has 0 fully saturated rings. The maximum atomic E-state index is 11.8. The molecule has 1 N–H and O–H groups in total. The van der Waals surface area contributed by atoms with Crippen LogP contribution in [0.3, 0.4) is 0 Å². The number of ether oxygens (including phenoxy) is 1. The number of para-hydroxylation sites is 1. The number of aromatic nitrogens is 1. The SMILES string of the molecule is Cc1ccc2cccc(NC(=O)COC(C)C)c2n1. The smallest absolute Gasteiger partial charge is 0.250 e. The molecule has 0 spiro atoms. The highest BCUT2D eigenvalue weighted by Gasteiger charge is 2.08. The van der Waals surface area contributed by atoms with Crippen LogP contribution >= 0.6 is 0 Å². The second-order valence-corrected chi connectivity index (χ2v) is 4.74. The van der Waals surface area contributed by atoms with Crippen molar-refractivity contribution in [1.82, 2.24) is 4.98 Å². The van der Waals surface area contributed by atoms with Gasteiger partial charge in [0.25, 0.3) is 0 Å². The van der Waals surface area contributed by atoms with E-state index in [1.165, 1.54) is 0 Å². The summed E-state index contributed by atoms with van der Waals surface area (Å²) in [5.74, 6) is -0.162. The van der Waals surface area contributed by atoms with Crippen LogP contribution in [0.2, 0.25) is 0 Å². The van der Waals surface area contributed by atoms with Crippen LogP contribution in [0, 0.1) is 6.92 Å². The number of anilines is 1. The van der Waals surface area contributed by atoms with Gasteiger partial charge >= 0.3 is 0 Å². The number of rotatable bonds is 4. The Morgan fingerprint density at radius 3 is 2.84 bits per heavy atom. The molecule has 0 atom stereocenters. The van der Waals surface area contributed by atoms with E-state index in [0.29, 0.717) is 0 Å². The number of hydrogen-bond donors (Lipinski definition) is 1. The quantitative estimate of drug-likeness (QED) is 0.917. The van der Waals surface area contributed by atoms with Gasteiger partial charge in [0.2, 0.25) is 5.91 Å². The zero-order valence-electron chi connectivity index (χ0n) is 11.4. The van der Waals surface area contributed by atoms with Gasteiger partial charge in [0.15, 0.2) is 0 Å². The Morgan fingerprint density at radius 1 is 1.32 bits per heavy atom. The summed E-state index contributed by atoms with van der Waals surface area (Å²) in [4.78, 5) is 16.2. The van der Waals surface area contributed by atoms with Crippen LogP contribution in [0.1, 0.15) is 19.5 Å². The van der Waals surface area contributed by atoms with Crippen molar-refractivity contribution in [2.24, 2.45) is 0 Å². The molecule has 0 aliphatic carbocycles. The summed E-state index contributed by atoms with van der Waals surface area (Å²) in [6.45, 7) is 5.78. The highest BCUT2D eigenvalue weighted by Crippen LogP contribution is 2.21. The first-order valence-corrected chi connectivity index (χ1v) is 6.34. The van der Waals surface area contributed by atoms with Crippen LogP contribution in [0.5, 0.6) is 0 Å². The van der Waals surface area contributed by atoms with E-state index in [4.69, 9.17) is 4.74 Å². The molecule has 2 aromatic rings. The largest absolute Gasteiger partial charge is 0.369 e. The van der Waals surface area contributed by atoms with Crippen molar-refractivity contribution < 1.29 is 9.53 Å². The van der Waals surface area contributed by atoms with Gasteiger partial charge in [-0.1, -0.05) is 18.2 Å². The molecule has 1 heterocycles. The van der Waals surface area contributed by atoms with Gasteiger partial charge < -0.3 is 10.1 Å². The molecule has 4 heteroatoms. The summed E-state index contributed by atoms with van der Waals surface area (Å²) in [5, 5.41) is 3.85.